The molecule has 0 aliphatic heterocycles. The van der Waals surface area contributed by atoms with Gasteiger partial charge in [-0.2, -0.15) is 4.98 Å². The number of anilines is 2. The Morgan fingerprint density at radius 2 is 1.78 bits per heavy atom. The second-order valence-corrected chi connectivity index (χ2v) is 7.70. The van der Waals surface area contributed by atoms with Crippen LogP contribution in [-0.4, -0.2) is 33.9 Å². The number of halogens is 3. The Bertz CT molecular complexity index is 1020. The summed E-state index contributed by atoms with van der Waals surface area (Å²) < 4.78 is 42.0. The number of rotatable bonds is 8. The maximum atomic E-state index is 12.6. The minimum absolute atomic E-state index is 0.286. The fraction of sp³-hybridized carbons (Fsp3) is 0.348. The van der Waals surface area contributed by atoms with Crippen LogP contribution in [0.5, 0.6) is 5.75 Å². The zero-order valence-electron chi connectivity index (χ0n) is 17.4. The van der Waals surface area contributed by atoms with Crippen LogP contribution in [0.2, 0.25) is 0 Å². The first-order valence-electron chi connectivity index (χ1n) is 10.6. The molecule has 1 aromatic carbocycles. The van der Waals surface area contributed by atoms with E-state index >= 15 is 0 Å². The minimum atomic E-state index is -4.75. The summed E-state index contributed by atoms with van der Waals surface area (Å²) in [6.07, 6.45) is 3.94. The smallest absolute Gasteiger partial charge is 0.406 e. The highest BCUT2D eigenvalue weighted by Gasteiger charge is 2.31. The molecular weight excluding hydrogens is 419 g/mol. The number of hydrogen-bond acceptors (Lipinski definition) is 6. The minimum Gasteiger partial charge on any atom is -0.406 e. The van der Waals surface area contributed by atoms with Crippen molar-refractivity contribution in [2.45, 2.75) is 44.5 Å². The van der Waals surface area contributed by atoms with Gasteiger partial charge < -0.3 is 15.4 Å². The molecule has 0 radical (unpaired) electrons. The molecule has 0 atom stereocenters. The first-order chi connectivity index (χ1) is 15.4. The highest BCUT2D eigenvalue weighted by Crippen LogP contribution is 2.29. The van der Waals surface area contributed by atoms with Gasteiger partial charge in [0.05, 0.1) is 5.69 Å². The lowest BCUT2D eigenvalue weighted by molar-refractivity contribution is -0.274. The molecular formula is C23H24F3N5O. The van der Waals surface area contributed by atoms with Crippen LogP contribution in [-0.2, 0) is 6.42 Å². The third-order valence-electron chi connectivity index (χ3n) is 5.25. The molecule has 2 N–H and O–H groups in total. The summed E-state index contributed by atoms with van der Waals surface area (Å²) in [6, 6.07) is 11.7. The predicted molar refractivity (Wildman–Crippen MR) is 116 cm³/mol. The molecule has 3 aromatic rings. The zero-order valence-corrected chi connectivity index (χ0v) is 17.4. The van der Waals surface area contributed by atoms with E-state index in [1.165, 1.54) is 18.2 Å². The Labute approximate surface area is 184 Å². The van der Waals surface area contributed by atoms with E-state index in [0.717, 1.165) is 37.7 Å². The molecule has 168 valence electrons. The van der Waals surface area contributed by atoms with Crippen molar-refractivity contribution in [3.63, 3.8) is 0 Å². The van der Waals surface area contributed by atoms with Crippen LogP contribution >= 0.6 is 0 Å². The third-order valence-corrected chi connectivity index (χ3v) is 5.25. The molecule has 0 bridgehead atoms. The summed E-state index contributed by atoms with van der Waals surface area (Å²) in [7, 11) is 0. The molecule has 4 rings (SSSR count). The Hall–Kier alpha value is -3.36. The molecule has 9 heteroatoms. The van der Waals surface area contributed by atoms with E-state index in [0.29, 0.717) is 35.6 Å². The highest BCUT2D eigenvalue weighted by atomic mass is 19.4. The monoisotopic (exact) mass is 443 g/mol. The zero-order chi connectivity index (χ0) is 22.4. The van der Waals surface area contributed by atoms with E-state index < -0.39 is 6.36 Å². The number of aromatic nitrogens is 3. The Balaban J connectivity index is 1.56. The number of hydrogen-bond donors (Lipinski definition) is 2. The van der Waals surface area contributed by atoms with Crippen LogP contribution in [0.1, 0.15) is 31.2 Å². The van der Waals surface area contributed by atoms with Gasteiger partial charge in [0.1, 0.15) is 11.6 Å². The molecule has 0 unspecified atom stereocenters. The highest BCUT2D eigenvalue weighted by molar-refractivity contribution is 5.66. The van der Waals surface area contributed by atoms with E-state index in [4.69, 9.17) is 0 Å². The standard InChI is InChI=1S/C23H24F3N5O/c24-23(25,26)32-19-7-3-4-17(14-19)20-15-21(28-13-10-16-8-11-27-12-9-16)31-22(30-20)29-18-5-1-2-6-18/h3-4,7-9,11-12,14-15,18H,1-2,5-6,10,13H2,(H2,28,29,30,31). The van der Waals surface area contributed by atoms with Crippen molar-refractivity contribution in [1.82, 2.24) is 15.0 Å². The van der Waals surface area contributed by atoms with Crippen molar-refractivity contribution < 1.29 is 17.9 Å². The van der Waals surface area contributed by atoms with Gasteiger partial charge in [-0.15, -0.1) is 13.2 Å². The Kier molecular flexibility index (Phi) is 6.72. The lowest BCUT2D eigenvalue weighted by Crippen LogP contribution is -2.18. The molecule has 0 saturated heterocycles. The first-order valence-corrected chi connectivity index (χ1v) is 10.6. The Morgan fingerprint density at radius 1 is 1.00 bits per heavy atom. The van der Waals surface area contributed by atoms with Crippen molar-refractivity contribution >= 4 is 11.8 Å². The number of benzene rings is 1. The van der Waals surface area contributed by atoms with E-state index in [9.17, 15) is 13.2 Å². The predicted octanol–water partition coefficient (Wildman–Crippen LogP) is 5.45. The number of alkyl halides is 3. The SMILES string of the molecule is FC(F)(F)Oc1cccc(-c2cc(NCCc3ccncc3)nc(NC3CCCC3)n2)c1. The van der Waals surface area contributed by atoms with Crippen molar-refractivity contribution in [2.75, 3.05) is 17.2 Å². The number of nitrogens with one attached hydrogen (secondary N) is 2. The van der Waals surface area contributed by atoms with Gasteiger partial charge in [0.25, 0.3) is 0 Å². The largest absolute Gasteiger partial charge is 0.573 e. The van der Waals surface area contributed by atoms with Gasteiger partial charge in [0.15, 0.2) is 0 Å². The van der Waals surface area contributed by atoms with E-state index in [2.05, 4.69) is 30.3 Å². The van der Waals surface area contributed by atoms with Crippen LogP contribution in [0.3, 0.4) is 0 Å². The summed E-state index contributed by atoms with van der Waals surface area (Å²) in [6.45, 7) is 0.639. The molecule has 2 heterocycles. The Morgan fingerprint density at radius 3 is 2.53 bits per heavy atom. The molecule has 1 fully saturated rings. The fourth-order valence-electron chi connectivity index (χ4n) is 3.74. The van der Waals surface area contributed by atoms with Crippen molar-refractivity contribution in [1.29, 1.82) is 0 Å². The molecule has 0 spiro atoms. The van der Waals surface area contributed by atoms with E-state index in [1.54, 1.807) is 24.5 Å². The summed E-state index contributed by atoms with van der Waals surface area (Å²) in [5.74, 6) is 0.778. The fourth-order valence-corrected chi connectivity index (χ4v) is 3.74. The van der Waals surface area contributed by atoms with Crippen LogP contribution < -0.4 is 15.4 Å². The quantitative estimate of drug-likeness (QED) is 0.483. The van der Waals surface area contributed by atoms with Gasteiger partial charge in [-0.3, -0.25) is 4.98 Å². The normalized spacial score (nSPS) is 14.3. The van der Waals surface area contributed by atoms with Crippen molar-refractivity contribution in [3.8, 4) is 17.0 Å². The van der Waals surface area contributed by atoms with Crippen LogP contribution in [0, 0.1) is 0 Å². The van der Waals surface area contributed by atoms with Gasteiger partial charge in [-0.1, -0.05) is 25.0 Å². The van der Waals surface area contributed by atoms with Gasteiger partial charge in [0, 0.05) is 36.6 Å². The number of nitrogens with zero attached hydrogens (tertiary/aromatic N) is 3. The second-order valence-electron chi connectivity index (χ2n) is 7.70. The number of ether oxygens (including phenoxy) is 1. The summed E-state index contributed by atoms with van der Waals surface area (Å²) in [5, 5.41) is 6.67. The van der Waals surface area contributed by atoms with Gasteiger partial charge in [0.2, 0.25) is 5.95 Å². The summed E-state index contributed by atoms with van der Waals surface area (Å²) in [4.78, 5) is 13.2. The third kappa shape index (κ3) is 6.32. The van der Waals surface area contributed by atoms with Gasteiger partial charge >= 0.3 is 6.36 Å². The molecule has 2 aromatic heterocycles. The summed E-state index contributed by atoms with van der Waals surface area (Å²) in [5.41, 5.74) is 2.17. The molecule has 0 amide bonds. The molecule has 1 aliphatic carbocycles. The first kappa shape index (κ1) is 21.9. The van der Waals surface area contributed by atoms with Crippen LogP contribution in [0.4, 0.5) is 24.9 Å². The maximum absolute atomic E-state index is 12.6. The molecule has 32 heavy (non-hydrogen) atoms. The second kappa shape index (κ2) is 9.84. The molecule has 1 saturated carbocycles. The lowest BCUT2D eigenvalue weighted by atomic mass is 10.1. The van der Waals surface area contributed by atoms with Crippen LogP contribution in [0.25, 0.3) is 11.3 Å². The topological polar surface area (TPSA) is 72.0 Å². The molecule has 6 nitrogen and oxygen atoms in total. The van der Waals surface area contributed by atoms with Crippen molar-refractivity contribution in [2.24, 2.45) is 0 Å². The summed E-state index contributed by atoms with van der Waals surface area (Å²) >= 11 is 0. The van der Waals surface area contributed by atoms with Crippen LogP contribution in [0.15, 0.2) is 54.9 Å². The number of pyridine rings is 1. The van der Waals surface area contributed by atoms with Gasteiger partial charge in [-0.25, -0.2) is 4.98 Å². The van der Waals surface area contributed by atoms with E-state index in [-0.39, 0.29) is 5.75 Å². The van der Waals surface area contributed by atoms with Crippen molar-refractivity contribution in [3.05, 3.63) is 60.4 Å². The van der Waals surface area contributed by atoms with Gasteiger partial charge in [-0.05, 0) is 49.1 Å². The lowest BCUT2D eigenvalue weighted by Gasteiger charge is -2.15. The average molecular weight is 443 g/mol. The maximum Gasteiger partial charge on any atom is 0.573 e. The van der Waals surface area contributed by atoms with E-state index in [1.807, 2.05) is 12.1 Å². The molecule has 1 aliphatic rings. The average Bonchev–Trinajstić information content (AvgIpc) is 3.26.